The van der Waals surface area contributed by atoms with Crippen molar-refractivity contribution in [2.75, 3.05) is 25.2 Å². The molecule has 16 heavy (non-hydrogen) atoms. The number of methoxy groups -OCH3 is 1. The zero-order chi connectivity index (χ0) is 11.5. The Kier molecular flexibility index (Phi) is 3.09. The molecule has 1 fully saturated rings. The van der Waals surface area contributed by atoms with E-state index < -0.39 is 0 Å². The van der Waals surface area contributed by atoms with E-state index in [1.807, 2.05) is 4.90 Å². The molecule has 0 amide bonds. The fraction of sp³-hybridized carbons (Fsp3) is 0.600. The zero-order valence-electron chi connectivity index (χ0n) is 9.14. The molecule has 1 atom stereocenters. The maximum atomic E-state index is 11.5. The van der Waals surface area contributed by atoms with E-state index in [0.29, 0.717) is 5.82 Å². The van der Waals surface area contributed by atoms with Gasteiger partial charge in [0.2, 0.25) is 5.75 Å². The Balaban J connectivity index is 2.39. The lowest BCUT2D eigenvalue weighted by Crippen LogP contribution is -2.34. The van der Waals surface area contributed by atoms with Gasteiger partial charge < -0.3 is 19.7 Å². The highest BCUT2D eigenvalue weighted by atomic mass is 16.5. The molecule has 0 aromatic carbocycles. The molecule has 0 saturated carbocycles. The monoisotopic (exact) mass is 225 g/mol. The van der Waals surface area contributed by atoms with E-state index in [1.165, 1.54) is 13.4 Å². The SMILES string of the molecule is COc1c(N2CCCC2CO)nc[nH]c1=O. The third kappa shape index (κ3) is 1.76. The van der Waals surface area contributed by atoms with Crippen LogP contribution in [0.15, 0.2) is 11.1 Å². The van der Waals surface area contributed by atoms with Crippen molar-refractivity contribution in [1.29, 1.82) is 0 Å². The Morgan fingerprint density at radius 3 is 3.25 bits per heavy atom. The first kappa shape index (κ1) is 10.9. The summed E-state index contributed by atoms with van der Waals surface area (Å²) in [4.78, 5) is 20.0. The number of hydrogen-bond donors (Lipinski definition) is 2. The summed E-state index contributed by atoms with van der Waals surface area (Å²) in [7, 11) is 1.44. The Morgan fingerprint density at radius 1 is 1.75 bits per heavy atom. The van der Waals surface area contributed by atoms with Gasteiger partial charge in [-0.05, 0) is 12.8 Å². The highest BCUT2D eigenvalue weighted by molar-refractivity contribution is 5.52. The summed E-state index contributed by atoms with van der Waals surface area (Å²) >= 11 is 0. The highest BCUT2D eigenvalue weighted by Gasteiger charge is 2.28. The van der Waals surface area contributed by atoms with Gasteiger partial charge in [-0.2, -0.15) is 0 Å². The van der Waals surface area contributed by atoms with E-state index in [9.17, 15) is 9.90 Å². The fourth-order valence-corrected chi connectivity index (χ4v) is 2.07. The van der Waals surface area contributed by atoms with Gasteiger partial charge in [0, 0.05) is 6.54 Å². The van der Waals surface area contributed by atoms with Crippen LogP contribution in [0.25, 0.3) is 0 Å². The molecular weight excluding hydrogens is 210 g/mol. The zero-order valence-corrected chi connectivity index (χ0v) is 9.14. The summed E-state index contributed by atoms with van der Waals surface area (Å²) in [6.45, 7) is 0.857. The lowest BCUT2D eigenvalue weighted by molar-refractivity contribution is 0.265. The lowest BCUT2D eigenvalue weighted by Gasteiger charge is -2.24. The number of nitrogens with one attached hydrogen (secondary N) is 1. The molecule has 1 saturated heterocycles. The molecule has 2 heterocycles. The number of nitrogens with zero attached hydrogens (tertiary/aromatic N) is 2. The van der Waals surface area contributed by atoms with Crippen molar-refractivity contribution in [3.63, 3.8) is 0 Å². The van der Waals surface area contributed by atoms with Crippen LogP contribution >= 0.6 is 0 Å². The standard InChI is InChI=1S/C10H15N3O3/c1-16-8-9(11-6-12-10(8)15)13-4-2-3-7(13)5-14/h6-7,14H,2-5H2,1H3,(H,11,12,15). The van der Waals surface area contributed by atoms with Crippen molar-refractivity contribution in [3.05, 3.63) is 16.7 Å². The summed E-state index contributed by atoms with van der Waals surface area (Å²) in [5.41, 5.74) is -0.295. The summed E-state index contributed by atoms with van der Waals surface area (Å²) in [6.07, 6.45) is 3.25. The van der Waals surface area contributed by atoms with Crippen LogP contribution in [0.1, 0.15) is 12.8 Å². The van der Waals surface area contributed by atoms with Crippen molar-refractivity contribution < 1.29 is 9.84 Å². The van der Waals surface area contributed by atoms with E-state index >= 15 is 0 Å². The van der Waals surface area contributed by atoms with Gasteiger partial charge in [-0.1, -0.05) is 0 Å². The maximum Gasteiger partial charge on any atom is 0.295 e. The number of hydrogen-bond acceptors (Lipinski definition) is 5. The summed E-state index contributed by atoms with van der Waals surface area (Å²) in [6, 6.07) is 0.0307. The van der Waals surface area contributed by atoms with E-state index in [2.05, 4.69) is 9.97 Å². The molecule has 6 heteroatoms. The molecule has 2 rings (SSSR count). The van der Waals surface area contributed by atoms with E-state index in [4.69, 9.17) is 4.74 Å². The predicted molar refractivity (Wildman–Crippen MR) is 58.9 cm³/mol. The summed E-state index contributed by atoms with van der Waals surface area (Å²) in [5, 5.41) is 9.23. The average molecular weight is 225 g/mol. The summed E-state index contributed by atoms with van der Waals surface area (Å²) < 4.78 is 5.05. The van der Waals surface area contributed by atoms with E-state index in [0.717, 1.165) is 19.4 Å². The topological polar surface area (TPSA) is 78.5 Å². The van der Waals surface area contributed by atoms with Gasteiger partial charge in [0.25, 0.3) is 5.56 Å². The lowest BCUT2D eigenvalue weighted by atomic mass is 10.2. The van der Waals surface area contributed by atoms with Gasteiger partial charge >= 0.3 is 0 Å². The molecule has 1 aliphatic rings. The van der Waals surface area contributed by atoms with Crippen molar-refractivity contribution in [1.82, 2.24) is 9.97 Å². The third-order valence-electron chi connectivity index (χ3n) is 2.86. The van der Waals surface area contributed by atoms with Gasteiger partial charge in [-0.15, -0.1) is 0 Å². The number of H-pyrrole nitrogens is 1. The normalized spacial score (nSPS) is 20.1. The van der Waals surface area contributed by atoms with Crippen LogP contribution in [-0.2, 0) is 0 Å². The first-order chi connectivity index (χ1) is 7.77. The molecule has 1 aromatic heterocycles. The number of aromatic nitrogens is 2. The van der Waals surface area contributed by atoms with Crippen molar-refractivity contribution >= 4 is 5.82 Å². The number of rotatable bonds is 3. The molecule has 6 nitrogen and oxygen atoms in total. The first-order valence-corrected chi connectivity index (χ1v) is 5.27. The van der Waals surface area contributed by atoms with Gasteiger partial charge in [0.1, 0.15) is 0 Å². The molecule has 1 unspecified atom stereocenters. The summed E-state index contributed by atoms with van der Waals surface area (Å²) in [5.74, 6) is 0.727. The largest absolute Gasteiger partial charge is 0.489 e. The first-order valence-electron chi connectivity index (χ1n) is 5.27. The van der Waals surface area contributed by atoms with Gasteiger partial charge in [-0.3, -0.25) is 4.79 Å². The van der Waals surface area contributed by atoms with Crippen LogP contribution in [0, 0.1) is 0 Å². The minimum Gasteiger partial charge on any atom is -0.489 e. The molecular formula is C10H15N3O3. The number of aliphatic hydroxyl groups is 1. The molecule has 0 aliphatic carbocycles. The Morgan fingerprint density at radius 2 is 2.56 bits per heavy atom. The van der Waals surface area contributed by atoms with Crippen molar-refractivity contribution in [2.24, 2.45) is 0 Å². The number of ether oxygens (including phenoxy) is 1. The number of anilines is 1. The highest BCUT2D eigenvalue weighted by Crippen LogP contribution is 2.28. The second-order valence-electron chi connectivity index (χ2n) is 3.76. The Bertz CT molecular complexity index is 418. The van der Waals surface area contributed by atoms with Crippen molar-refractivity contribution in [3.8, 4) is 5.75 Å². The molecule has 0 radical (unpaired) electrons. The van der Waals surface area contributed by atoms with Gasteiger partial charge in [0.05, 0.1) is 26.1 Å². The van der Waals surface area contributed by atoms with Gasteiger partial charge in [0.15, 0.2) is 5.82 Å². The van der Waals surface area contributed by atoms with Crippen LogP contribution in [0.3, 0.4) is 0 Å². The number of aliphatic hydroxyl groups excluding tert-OH is 1. The van der Waals surface area contributed by atoms with E-state index in [-0.39, 0.29) is 24.0 Å². The van der Waals surface area contributed by atoms with Crippen LogP contribution in [0.4, 0.5) is 5.82 Å². The maximum absolute atomic E-state index is 11.5. The molecule has 2 N–H and O–H groups in total. The third-order valence-corrected chi connectivity index (χ3v) is 2.86. The molecule has 1 aliphatic heterocycles. The average Bonchev–Trinajstić information content (AvgIpc) is 2.76. The van der Waals surface area contributed by atoms with Crippen LogP contribution < -0.4 is 15.2 Å². The van der Waals surface area contributed by atoms with Crippen LogP contribution in [-0.4, -0.2) is 41.4 Å². The van der Waals surface area contributed by atoms with Gasteiger partial charge in [-0.25, -0.2) is 4.98 Å². The number of aromatic amines is 1. The predicted octanol–water partition coefficient (Wildman–Crippen LogP) is -0.260. The quantitative estimate of drug-likeness (QED) is 0.741. The molecule has 1 aromatic rings. The van der Waals surface area contributed by atoms with E-state index in [1.54, 1.807) is 0 Å². The fourth-order valence-electron chi connectivity index (χ4n) is 2.07. The Labute approximate surface area is 92.9 Å². The van der Waals surface area contributed by atoms with Crippen molar-refractivity contribution in [2.45, 2.75) is 18.9 Å². The minimum absolute atomic E-state index is 0.0307. The minimum atomic E-state index is -0.295. The Hall–Kier alpha value is -1.56. The molecule has 0 spiro atoms. The molecule has 0 bridgehead atoms. The molecule has 88 valence electrons. The van der Waals surface area contributed by atoms with Crippen LogP contribution in [0.2, 0.25) is 0 Å². The smallest absolute Gasteiger partial charge is 0.295 e. The second kappa shape index (κ2) is 4.52. The van der Waals surface area contributed by atoms with Crippen LogP contribution in [0.5, 0.6) is 5.75 Å². The second-order valence-corrected chi connectivity index (χ2v) is 3.76.